The number of imidazole rings is 2. The standard InChI is InChI=1S/C26H24N5O5PS/c32-20-21-18(14-34-37-36-21)35-24(20)31-22-19(28-26(31)38-12-11-15-7-3-1-4-8-15)23(33)30-13-17(27-25(30)29-22)16-9-5-2-6-10-16/h1-10,13,18,20-21,24,32,37H,11-12,14H2,(H,27,29). The number of fused-ring (bicyclic) bond motifs is 3. The van der Waals surface area contributed by atoms with E-state index in [4.69, 9.17) is 23.8 Å². The van der Waals surface area contributed by atoms with E-state index >= 15 is 0 Å². The second kappa shape index (κ2) is 9.92. The Morgan fingerprint density at radius 1 is 1.11 bits per heavy atom. The highest BCUT2D eigenvalue weighted by atomic mass is 32.2. The van der Waals surface area contributed by atoms with Crippen LogP contribution >= 0.6 is 20.8 Å². The van der Waals surface area contributed by atoms with Crippen molar-refractivity contribution in [3.63, 3.8) is 0 Å². The molecule has 2 saturated heterocycles. The van der Waals surface area contributed by atoms with Crippen LogP contribution in [-0.4, -0.2) is 59.7 Å². The summed E-state index contributed by atoms with van der Waals surface area (Å²) in [6, 6.07) is 19.9. The van der Waals surface area contributed by atoms with Gasteiger partial charge in [-0.25, -0.2) is 9.38 Å². The first-order valence-corrected chi connectivity index (χ1v) is 14.1. The van der Waals surface area contributed by atoms with E-state index in [1.54, 1.807) is 10.8 Å². The fraction of sp³-hybridized carbons (Fsp3) is 0.269. The highest BCUT2D eigenvalue weighted by molar-refractivity contribution is 7.99. The molecule has 0 bridgehead atoms. The summed E-state index contributed by atoms with van der Waals surface area (Å²) in [4.78, 5) is 26.4. The number of aliphatic hydroxyl groups is 1. The maximum atomic E-state index is 13.6. The van der Waals surface area contributed by atoms with Crippen molar-refractivity contribution in [3.05, 3.63) is 82.8 Å². The van der Waals surface area contributed by atoms with Crippen molar-refractivity contribution in [1.82, 2.24) is 23.9 Å². The first-order valence-electron chi connectivity index (χ1n) is 12.3. The summed E-state index contributed by atoms with van der Waals surface area (Å²) in [6.45, 7) is 0.331. The number of hydrogen-bond donors (Lipinski definition) is 2. The van der Waals surface area contributed by atoms with Crippen LogP contribution in [0.1, 0.15) is 11.8 Å². The average molecular weight is 550 g/mol. The molecule has 3 aromatic heterocycles. The average Bonchev–Trinajstić information content (AvgIpc) is 3.64. The van der Waals surface area contributed by atoms with Crippen LogP contribution in [0.4, 0.5) is 0 Å². The lowest BCUT2D eigenvalue weighted by molar-refractivity contribution is -0.0553. The summed E-state index contributed by atoms with van der Waals surface area (Å²) in [5, 5.41) is 11.8. The Balaban J connectivity index is 1.32. The van der Waals surface area contributed by atoms with Gasteiger partial charge in [0.25, 0.3) is 5.56 Å². The van der Waals surface area contributed by atoms with Crippen molar-refractivity contribution in [1.29, 1.82) is 0 Å². The number of aromatic amines is 1. The van der Waals surface area contributed by atoms with Gasteiger partial charge in [-0.05, 0) is 17.5 Å². The Hall–Kier alpha value is -3.05. The molecule has 0 radical (unpaired) electrons. The fourth-order valence-corrected chi connectivity index (χ4v) is 6.64. The van der Waals surface area contributed by atoms with Crippen LogP contribution in [0.15, 0.2) is 76.8 Å². The van der Waals surface area contributed by atoms with Gasteiger partial charge in [0.2, 0.25) is 5.78 Å². The number of benzene rings is 2. The highest BCUT2D eigenvalue weighted by Gasteiger charge is 2.48. The lowest BCUT2D eigenvalue weighted by Gasteiger charge is -2.24. The van der Waals surface area contributed by atoms with Crippen molar-refractivity contribution in [2.24, 2.45) is 0 Å². The fourth-order valence-electron chi connectivity index (χ4n) is 4.93. The van der Waals surface area contributed by atoms with Gasteiger partial charge < -0.3 is 23.9 Å². The largest absolute Gasteiger partial charge is 0.386 e. The summed E-state index contributed by atoms with van der Waals surface area (Å²) in [5.74, 6) is 1.11. The lowest BCUT2D eigenvalue weighted by Crippen LogP contribution is -2.37. The molecular weight excluding hydrogens is 525 g/mol. The molecule has 5 aromatic rings. The smallest absolute Gasteiger partial charge is 0.287 e. The molecule has 5 heterocycles. The van der Waals surface area contributed by atoms with Crippen molar-refractivity contribution in [2.75, 3.05) is 12.4 Å². The Morgan fingerprint density at radius 2 is 1.89 bits per heavy atom. The van der Waals surface area contributed by atoms with E-state index in [0.29, 0.717) is 23.2 Å². The molecule has 2 N–H and O–H groups in total. The first-order chi connectivity index (χ1) is 18.7. The topological polar surface area (TPSA) is 116 Å². The minimum absolute atomic E-state index is 0.152. The second-order valence-electron chi connectivity index (χ2n) is 9.20. The third-order valence-electron chi connectivity index (χ3n) is 6.82. The van der Waals surface area contributed by atoms with Crippen LogP contribution in [0.5, 0.6) is 0 Å². The molecule has 0 saturated carbocycles. The van der Waals surface area contributed by atoms with E-state index in [0.717, 1.165) is 23.4 Å². The van der Waals surface area contributed by atoms with Crippen LogP contribution in [-0.2, 0) is 20.2 Å². The summed E-state index contributed by atoms with van der Waals surface area (Å²) < 4.78 is 20.5. The van der Waals surface area contributed by atoms with Crippen LogP contribution in [0.2, 0.25) is 0 Å². The highest BCUT2D eigenvalue weighted by Crippen LogP contribution is 2.41. The van der Waals surface area contributed by atoms with Crippen LogP contribution in [0, 0.1) is 0 Å². The van der Waals surface area contributed by atoms with Crippen LogP contribution in [0.3, 0.4) is 0 Å². The number of ether oxygens (including phenoxy) is 1. The molecule has 12 heteroatoms. The number of H-pyrrole nitrogens is 1. The summed E-state index contributed by atoms with van der Waals surface area (Å²) in [7, 11) is -0.152. The molecule has 5 atom stereocenters. The van der Waals surface area contributed by atoms with E-state index in [9.17, 15) is 9.90 Å². The molecule has 2 aliphatic rings. The zero-order chi connectivity index (χ0) is 25.6. The minimum atomic E-state index is -0.967. The third-order valence-corrected chi connectivity index (χ3v) is 8.43. The van der Waals surface area contributed by atoms with Crippen LogP contribution in [0.25, 0.3) is 28.2 Å². The maximum absolute atomic E-state index is 13.6. The number of hydrogen-bond acceptors (Lipinski definition) is 8. The van der Waals surface area contributed by atoms with E-state index < -0.39 is 24.5 Å². The molecule has 2 aliphatic heterocycles. The van der Waals surface area contributed by atoms with Gasteiger partial charge in [0.1, 0.15) is 18.3 Å². The molecule has 10 nitrogen and oxygen atoms in total. The van der Waals surface area contributed by atoms with E-state index in [-0.39, 0.29) is 20.1 Å². The Labute approximate surface area is 222 Å². The Morgan fingerprint density at radius 3 is 2.68 bits per heavy atom. The summed E-state index contributed by atoms with van der Waals surface area (Å²) in [6.07, 6.45) is -0.172. The van der Waals surface area contributed by atoms with Crippen molar-refractivity contribution in [3.8, 4) is 11.3 Å². The second-order valence-corrected chi connectivity index (χ2v) is 11.0. The van der Waals surface area contributed by atoms with Gasteiger partial charge in [-0.3, -0.25) is 9.36 Å². The molecule has 38 heavy (non-hydrogen) atoms. The summed E-state index contributed by atoms with van der Waals surface area (Å²) >= 11 is 1.50. The van der Waals surface area contributed by atoms with Crippen LogP contribution < -0.4 is 5.56 Å². The number of rotatable bonds is 6. The molecule has 0 amide bonds. The molecular formula is C26H24N5O5PS. The van der Waals surface area contributed by atoms with Crippen molar-refractivity contribution >= 4 is 37.7 Å². The molecule has 2 fully saturated rings. The molecule has 7 rings (SSSR count). The number of thioether (sulfide) groups is 1. The Bertz CT molecular complexity index is 1660. The number of nitrogens with one attached hydrogen (secondary N) is 1. The summed E-state index contributed by atoms with van der Waals surface area (Å²) in [5.41, 5.74) is 3.18. The number of aryl methyl sites for hydroxylation is 1. The third kappa shape index (κ3) is 4.16. The SMILES string of the molecule is O=c1c2nc(SCCc3ccccc3)n(C3OC4COPOC4C3O)c2nc2[nH]c(-c3ccccc3)cn12. The van der Waals surface area contributed by atoms with Gasteiger partial charge in [0.05, 0.1) is 12.3 Å². The minimum Gasteiger partial charge on any atom is -0.386 e. The van der Waals surface area contributed by atoms with Gasteiger partial charge in [-0.2, -0.15) is 4.98 Å². The maximum Gasteiger partial charge on any atom is 0.287 e. The monoisotopic (exact) mass is 549 g/mol. The predicted molar refractivity (Wildman–Crippen MR) is 144 cm³/mol. The molecule has 0 spiro atoms. The van der Waals surface area contributed by atoms with Gasteiger partial charge in [-0.15, -0.1) is 0 Å². The molecule has 0 aliphatic carbocycles. The Kier molecular flexibility index (Phi) is 6.27. The van der Waals surface area contributed by atoms with Gasteiger partial charge >= 0.3 is 0 Å². The van der Waals surface area contributed by atoms with Crippen molar-refractivity contribution < 1.29 is 18.9 Å². The van der Waals surface area contributed by atoms with E-state index in [1.807, 2.05) is 48.5 Å². The quantitative estimate of drug-likeness (QED) is 0.244. The van der Waals surface area contributed by atoms with E-state index in [2.05, 4.69) is 17.1 Å². The van der Waals surface area contributed by atoms with Gasteiger partial charge in [-0.1, -0.05) is 72.4 Å². The zero-order valence-electron chi connectivity index (χ0n) is 20.1. The van der Waals surface area contributed by atoms with Gasteiger partial charge in [0, 0.05) is 11.9 Å². The predicted octanol–water partition coefficient (Wildman–Crippen LogP) is 3.56. The molecule has 194 valence electrons. The van der Waals surface area contributed by atoms with Crippen molar-refractivity contribution in [2.45, 2.75) is 36.1 Å². The number of aliphatic hydroxyl groups excluding tert-OH is 1. The number of aromatic nitrogens is 5. The van der Waals surface area contributed by atoms with E-state index in [1.165, 1.54) is 21.7 Å². The number of nitrogens with zero attached hydrogens (tertiary/aromatic N) is 4. The molecule has 5 unspecified atom stereocenters. The lowest BCUT2D eigenvalue weighted by atomic mass is 10.1. The van der Waals surface area contributed by atoms with Gasteiger partial charge in [0.15, 0.2) is 31.6 Å². The first kappa shape index (κ1) is 24.0. The molecule has 2 aromatic carbocycles. The normalized spacial score (nSPS) is 23.9. The zero-order valence-corrected chi connectivity index (χ0v) is 21.9.